The first kappa shape index (κ1) is 15.4. The molecule has 1 aromatic heterocycles. The summed E-state index contributed by atoms with van der Waals surface area (Å²) in [7, 11) is 0. The van der Waals surface area contributed by atoms with Crippen LogP contribution in [-0.4, -0.2) is 54.0 Å². The Hall–Kier alpha value is -1.47. The maximum Gasteiger partial charge on any atom is 0.357 e. The summed E-state index contributed by atoms with van der Waals surface area (Å²) in [4.78, 5) is 30.1. The lowest BCUT2D eigenvalue weighted by atomic mass is 9.96. The summed E-state index contributed by atoms with van der Waals surface area (Å²) in [6, 6.07) is 0.0485. The number of esters is 1. The number of carbonyl (C=O) groups is 2. The molecular formula is C15H21N3O3S. The van der Waals surface area contributed by atoms with Crippen LogP contribution in [0.3, 0.4) is 0 Å². The molecule has 0 radical (unpaired) electrons. The van der Waals surface area contributed by atoms with E-state index >= 15 is 0 Å². The molecule has 3 heterocycles. The van der Waals surface area contributed by atoms with E-state index in [1.165, 1.54) is 11.3 Å². The Kier molecular flexibility index (Phi) is 4.73. The molecule has 2 aliphatic heterocycles. The lowest BCUT2D eigenvalue weighted by molar-refractivity contribution is -0.124. The monoisotopic (exact) mass is 323 g/mol. The third-order valence-electron chi connectivity index (χ3n) is 4.35. The highest BCUT2D eigenvalue weighted by Gasteiger charge is 2.33. The molecule has 1 atom stereocenters. The van der Waals surface area contributed by atoms with Crippen molar-refractivity contribution in [3.8, 4) is 0 Å². The smallest absolute Gasteiger partial charge is 0.357 e. The molecule has 0 aliphatic carbocycles. The van der Waals surface area contributed by atoms with Crippen molar-refractivity contribution in [1.29, 1.82) is 0 Å². The molecule has 0 aromatic carbocycles. The van der Waals surface area contributed by atoms with E-state index in [2.05, 4.69) is 15.2 Å². The number of rotatable bonds is 4. The minimum absolute atomic E-state index is 0.0485. The highest BCUT2D eigenvalue weighted by atomic mass is 32.1. The van der Waals surface area contributed by atoms with Gasteiger partial charge in [0.1, 0.15) is 0 Å². The van der Waals surface area contributed by atoms with E-state index < -0.39 is 0 Å². The highest BCUT2D eigenvalue weighted by Crippen LogP contribution is 2.31. The SMILES string of the molecule is CCOC(=O)c1csc(C2CCN(C3CCNC3=O)CC2)n1. The third-order valence-corrected chi connectivity index (χ3v) is 5.35. The Morgan fingerprint density at radius 2 is 2.23 bits per heavy atom. The van der Waals surface area contributed by atoms with E-state index in [4.69, 9.17) is 4.74 Å². The first-order chi connectivity index (χ1) is 10.7. The second kappa shape index (κ2) is 6.75. The van der Waals surface area contributed by atoms with Crippen molar-refractivity contribution in [2.24, 2.45) is 0 Å². The van der Waals surface area contributed by atoms with Crippen LogP contribution in [0.15, 0.2) is 5.38 Å². The van der Waals surface area contributed by atoms with Gasteiger partial charge in [0, 0.05) is 17.8 Å². The molecule has 2 saturated heterocycles. The zero-order valence-corrected chi connectivity index (χ0v) is 13.5. The van der Waals surface area contributed by atoms with Crippen molar-refractivity contribution in [3.63, 3.8) is 0 Å². The van der Waals surface area contributed by atoms with Gasteiger partial charge < -0.3 is 10.1 Å². The minimum atomic E-state index is -0.343. The van der Waals surface area contributed by atoms with E-state index in [0.717, 1.165) is 43.9 Å². The Labute approximate surface area is 133 Å². The molecular weight excluding hydrogens is 302 g/mol. The van der Waals surface area contributed by atoms with Crippen LogP contribution >= 0.6 is 11.3 Å². The van der Waals surface area contributed by atoms with Crippen molar-refractivity contribution in [2.45, 2.75) is 38.1 Å². The van der Waals surface area contributed by atoms with E-state index in [1.807, 2.05) is 0 Å². The molecule has 0 spiro atoms. The fourth-order valence-electron chi connectivity index (χ4n) is 3.16. The largest absolute Gasteiger partial charge is 0.461 e. The predicted octanol–water partition coefficient (Wildman–Crippen LogP) is 1.39. The molecule has 6 nitrogen and oxygen atoms in total. The number of hydrogen-bond donors (Lipinski definition) is 1. The van der Waals surface area contributed by atoms with Crippen LogP contribution in [0.4, 0.5) is 0 Å². The minimum Gasteiger partial charge on any atom is -0.461 e. The summed E-state index contributed by atoms with van der Waals surface area (Å²) >= 11 is 1.53. The van der Waals surface area contributed by atoms with Gasteiger partial charge in [0.05, 0.1) is 17.7 Å². The van der Waals surface area contributed by atoms with E-state index in [-0.39, 0.29) is 17.9 Å². The third kappa shape index (κ3) is 3.15. The van der Waals surface area contributed by atoms with Crippen LogP contribution in [0, 0.1) is 0 Å². The van der Waals surface area contributed by atoms with E-state index in [1.54, 1.807) is 12.3 Å². The average Bonchev–Trinajstić information content (AvgIpc) is 3.17. The number of ether oxygens (including phenoxy) is 1. The molecule has 1 amide bonds. The second-order valence-electron chi connectivity index (χ2n) is 5.70. The Morgan fingerprint density at radius 3 is 2.86 bits per heavy atom. The number of likely N-dealkylation sites (tertiary alicyclic amines) is 1. The Bertz CT molecular complexity index is 552. The number of piperidine rings is 1. The summed E-state index contributed by atoms with van der Waals surface area (Å²) in [5.74, 6) is 0.205. The van der Waals surface area contributed by atoms with Crippen LogP contribution < -0.4 is 5.32 Å². The van der Waals surface area contributed by atoms with Gasteiger partial charge in [-0.1, -0.05) is 0 Å². The second-order valence-corrected chi connectivity index (χ2v) is 6.59. The summed E-state index contributed by atoms with van der Waals surface area (Å²) in [6.45, 7) is 4.78. The van der Waals surface area contributed by atoms with Gasteiger partial charge in [-0.15, -0.1) is 11.3 Å². The predicted molar refractivity (Wildman–Crippen MR) is 83.0 cm³/mol. The number of nitrogens with zero attached hydrogens (tertiary/aromatic N) is 2. The van der Waals surface area contributed by atoms with Gasteiger partial charge in [-0.05, 0) is 39.3 Å². The first-order valence-corrected chi connectivity index (χ1v) is 8.71. The zero-order valence-electron chi connectivity index (χ0n) is 12.7. The van der Waals surface area contributed by atoms with Gasteiger partial charge in [-0.3, -0.25) is 9.69 Å². The maximum atomic E-state index is 11.8. The molecule has 2 aliphatic rings. The number of amides is 1. The van der Waals surface area contributed by atoms with E-state index in [9.17, 15) is 9.59 Å². The standard InChI is InChI=1S/C15H21N3O3S/c1-2-21-15(20)11-9-22-14(17-11)10-4-7-18(8-5-10)12-3-6-16-13(12)19/h9-10,12H,2-8H2,1H3,(H,16,19). The highest BCUT2D eigenvalue weighted by molar-refractivity contribution is 7.09. The fraction of sp³-hybridized carbons (Fsp3) is 0.667. The normalized spacial score (nSPS) is 23.5. The van der Waals surface area contributed by atoms with Crippen molar-refractivity contribution in [1.82, 2.24) is 15.2 Å². The van der Waals surface area contributed by atoms with Gasteiger partial charge >= 0.3 is 5.97 Å². The van der Waals surface area contributed by atoms with Gasteiger partial charge in [0.15, 0.2) is 5.69 Å². The molecule has 120 valence electrons. The van der Waals surface area contributed by atoms with Gasteiger partial charge in [-0.25, -0.2) is 9.78 Å². The van der Waals surface area contributed by atoms with Crippen LogP contribution in [0.5, 0.6) is 0 Å². The van der Waals surface area contributed by atoms with Gasteiger partial charge in [-0.2, -0.15) is 0 Å². The van der Waals surface area contributed by atoms with Crippen molar-refractivity contribution in [3.05, 3.63) is 16.1 Å². The van der Waals surface area contributed by atoms with Gasteiger partial charge in [0.25, 0.3) is 0 Å². The number of thiazole rings is 1. The summed E-state index contributed by atoms with van der Waals surface area (Å²) in [6.07, 6.45) is 2.88. The maximum absolute atomic E-state index is 11.8. The zero-order chi connectivity index (χ0) is 15.5. The number of nitrogens with one attached hydrogen (secondary N) is 1. The average molecular weight is 323 g/mol. The topological polar surface area (TPSA) is 71.5 Å². The number of hydrogen-bond acceptors (Lipinski definition) is 6. The molecule has 3 rings (SSSR count). The summed E-state index contributed by atoms with van der Waals surface area (Å²) < 4.78 is 4.98. The van der Waals surface area contributed by atoms with Crippen molar-refractivity contribution in [2.75, 3.05) is 26.2 Å². The van der Waals surface area contributed by atoms with Crippen LogP contribution in [0.25, 0.3) is 0 Å². The van der Waals surface area contributed by atoms with Crippen molar-refractivity contribution < 1.29 is 14.3 Å². The lowest BCUT2D eigenvalue weighted by Gasteiger charge is -2.33. The summed E-state index contributed by atoms with van der Waals surface area (Å²) in [5.41, 5.74) is 0.416. The quantitative estimate of drug-likeness (QED) is 0.848. The van der Waals surface area contributed by atoms with Gasteiger partial charge in [0.2, 0.25) is 5.91 Å². The molecule has 1 unspecified atom stereocenters. The first-order valence-electron chi connectivity index (χ1n) is 7.83. The van der Waals surface area contributed by atoms with Crippen LogP contribution in [0.1, 0.15) is 47.6 Å². The molecule has 22 heavy (non-hydrogen) atoms. The Morgan fingerprint density at radius 1 is 1.45 bits per heavy atom. The molecule has 1 aromatic rings. The number of carbonyl (C=O) groups excluding carboxylic acids is 2. The van der Waals surface area contributed by atoms with Crippen LogP contribution in [-0.2, 0) is 9.53 Å². The number of aromatic nitrogens is 1. The Balaban J connectivity index is 1.57. The van der Waals surface area contributed by atoms with E-state index in [0.29, 0.717) is 18.2 Å². The molecule has 7 heteroatoms. The molecule has 0 bridgehead atoms. The fourth-order valence-corrected chi connectivity index (χ4v) is 4.12. The molecule has 2 fully saturated rings. The molecule has 1 N–H and O–H groups in total. The lowest BCUT2D eigenvalue weighted by Crippen LogP contribution is -2.44. The summed E-state index contributed by atoms with van der Waals surface area (Å²) in [5, 5.41) is 5.69. The van der Waals surface area contributed by atoms with Crippen LogP contribution in [0.2, 0.25) is 0 Å². The van der Waals surface area contributed by atoms with Crippen molar-refractivity contribution >= 4 is 23.2 Å². The molecule has 0 saturated carbocycles.